The molecule has 2 aromatic heterocycles. The molecule has 13 heteroatoms. The molecule has 0 amide bonds. The van der Waals surface area contributed by atoms with E-state index in [4.69, 9.17) is 4.74 Å². The molecule has 4 heterocycles. The van der Waals surface area contributed by atoms with E-state index >= 15 is 0 Å². The Morgan fingerprint density at radius 3 is 2.77 bits per heavy atom. The molecule has 1 aromatic carbocycles. The highest BCUT2D eigenvalue weighted by molar-refractivity contribution is 7.91. The average Bonchev–Trinajstić information content (AvgIpc) is 3.31. The number of sulfone groups is 1. The van der Waals surface area contributed by atoms with Crippen molar-refractivity contribution in [3.63, 3.8) is 0 Å². The minimum Gasteiger partial charge on any atom is -0.372 e. The number of rotatable bonds is 5. The second kappa shape index (κ2) is 10.7. The van der Waals surface area contributed by atoms with E-state index in [2.05, 4.69) is 38.5 Å². The third kappa shape index (κ3) is 5.76. The monoisotopic (exact) mass is 581 g/mol. The Bertz CT molecular complexity index is 1480. The van der Waals surface area contributed by atoms with Crippen LogP contribution in [-0.2, 0) is 27.2 Å². The topological polar surface area (TPSA) is 96.5 Å². The fourth-order valence-corrected chi connectivity index (χ4v) is 7.81. The van der Waals surface area contributed by atoms with E-state index in [1.165, 1.54) is 6.07 Å². The zero-order valence-electron chi connectivity index (χ0n) is 21.8. The van der Waals surface area contributed by atoms with E-state index in [9.17, 15) is 21.6 Å². The van der Waals surface area contributed by atoms with Crippen molar-refractivity contribution in [2.75, 3.05) is 42.2 Å². The van der Waals surface area contributed by atoms with Gasteiger partial charge in [0.15, 0.2) is 9.84 Å². The molecule has 5 rings (SSSR count). The van der Waals surface area contributed by atoms with Crippen molar-refractivity contribution in [1.82, 2.24) is 15.3 Å². The zero-order chi connectivity index (χ0) is 27.9. The summed E-state index contributed by atoms with van der Waals surface area (Å²) in [5.74, 6) is -0.238. The first-order chi connectivity index (χ1) is 18.5. The molecule has 0 bridgehead atoms. The van der Waals surface area contributed by atoms with Gasteiger partial charge in [-0.1, -0.05) is 6.92 Å². The summed E-state index contributed by atoms with van der Waals surface area (Å²) in [5.41, 5.74) is 1.35. The summed E-state index contributed by atoms with van der Waals surface area (Å²) in [6, 6.07) is 7.60. The van der Waals surface area contributed by atoms with Crippen LogP contribution >= 0.6 is 11.3 Å². The van der Waals surface area contributed by atoms with Crippen LogP contribution in [-0.4, -0.2) is 56.4 Å². The molecular weight excluding hydrogens is 551 g/mol. The first-order valence-corrected chi connectivity index (χ1v) is 15.2. The summed E-state index contributed by atoms with van der Waals surface area (Å²) in [6.07, 6.45) is -3.85. The lowest BCUT2D eigenvalue weighted by Crippen LogP contribution is -2.49. The van der Waals surface area contributed by atoms with Gasteiger partial charge in [-0.3, -0.25) is 0 Å². The Morgan fingerprint density at radius 1 is 1.26 bits per heavy atom. The Labute approximate surface area is 229 Å². The van der Waals surface area contributed by atoms with Crippen LogP contribution in [0.25, 0.3) is 10.6 Å². The van der Waals surface area contributed by atoms with Gasteiger partial charge in [0.1, 0.15) is 5.56 Å². The first kappa shape index (κ1) is 27.8. The van der Waals surface area contributed by atoms with Crippen LogP contribution in [0.1, 0.15) is 42.9 Å². The standard InChI is InChI=1S/C26H30F3N5O3S2/c1-4-17-11-18(34-8-7-30-15(2)14-34)5-6-20(17)32-25-31-13-19(26(27,28)29)23(33-25)21-12-22-24(38-21)16(3)37-9-10-39(22,35)36/h5-6,11-13,15-16,30H,4,7-10,14H2,1-3H3,(H,31,32,33)/t15-,16?/m1/s1. The van der Waals surface area contributed by atoms with Gasteiger partial charge in [-0.25, -0.2) is 18.4 Å². The van der Waals surface area contributed by atoms with Crippen LogP contribution in [0.3, 0.4) is 0 Å². The fraction of sp³-hybridized carbons (Fsp3) is 0.462. The summed E-state index contributed by atoms with van der Waals surface area (Å²) in [5, 5.41) is 6.51. The normalized spacial score (nSPS) is 21.3. The number of nitrogens with zero attached hydrogens (tertiary/aromatic N) is 3. The number of aromatic nitrogens is 2. The van der Waals surface area contributed by atoms with Gasteiger partial charge in [-0.2, -0.15) is 13.2 Å². The third-order valence-corrected chi connectivity index (χ3v) is 10.1. The number of piperazine rings is 1. The Morgan fingerprint density at radius 2 is 2.05 bits per heavy atom. The average molecular weight is 582 g/mol. The summed E-state index contributed by atoms with van der Waals surface area (Å²) in [4.78, 5) is 11.0. The number of aryl methyl sites for hydroxylation is 1. The smallest absolute Gasteiger partial charge is 0.372 e. The predicted octanol–water partition coefficient (Wildman–Crippen LogP) is 5.19. The number of alkyl halides is 3. The molecule has 0 spiro atoms. The molecule has 8 nitrogen and oxygen atoms in total. The van der Waals surface area contributed by atoms with Crippen molar-refractivity contribution < 1.29 is 26.3 Å². The van der Waals surface area contributed by atoms with Gasteiger partial charge in [0, 0.05) is 43.2 Å². The largest absolute Gasteiger partial charge is 0.420 e. The number of ether oxygens (including phenoxy) is 1. The summed E-state index contributed by atoms with van der Waals surface area (Å²) in [6.45, 7) is 8.52. The molecule has 2 aliphatic heterocycles. The van der Waals surface area contributed by atoms with Gasteiger partial charge < -0.3 is 20.3 Å². The molecule has 39 heavy (non-hydrogen) atoms. The lowest BCUT2D eigenvalue weighted by Gasteiger charge is -2.34. The molecule has 210 valence electrons. The molecule has 1 saturated heterocycles. The molecule has 0 radical (unpaired) electrons. The zero-order valence-corrected chi connectivity index (χ0v) is 23.4. The van der Waals surface area contributed by atoms with E-state index < -0.39 is 27.7 Å². The number of benzene rings is 1. The second-order valence-corrected chi connectivity index (χ2v) is 12.9. The maximum Gasteiger partial charge on any atom is 0.420 e. The third-order valence-electron chi connectivity index (χ3n) is 6.93. The van der Waals surface area contributed by atoms with Crippen molar-refractivity contribution >= 4 is 38.5 Å². The maximum absolute atomic E-state index is 14.0. The van der Waals surface area contributed by atoms with Crippen LogP contribution in [0.2, 0.25) is 0 Å². The summed E-state index contributed by atoms with van der Waals surface area (Å²) in [7, 11) is -3.69. The van der Waals surface area contributed by atoms with Crippen molar-refractivity contribution in [1.29, 1.82) is 0 Å². The maximum atomic E-state index is 14.0. The predicted molar refractivity (Wildman–Crippen MR) is 146 cm³/mol. The molecule has 1 fully saturated rings. The number of hydrogen-bond donors (Lipinski definition) is 2. The van der Waals surface area contributed by atoms with Crippen LogP contribution in [0.5, 0.6) is 0 Å². The van der Waals surface area contributed by atoms with E-state index in [1.807, 2.05) is 19.1 Å². The minimum atomic E-state index is -4.73. The number of fused-ring (bicyclic) bond motifs is 1. The van der Waals surface area contributed by atoms with Gasteiger partial charge in [0.05, 0.1) is 38.8 Å². The number of hydrogen-bond acceptors (Lipinski definition) is 9. The number of thiophene rings is 1. The number of nitrogens with one attached hydrogen (secondary N) is 2. The fourth-order valence-electron chi connectivity index (χ4n) is 4.87. The molecule has 2 atom stereocenters. The molecule has 3 aromatic rings. The quantitative estimate of drug-likeness (QED) is 0.425. The summed E-state index contributed by atoms with van der Waals surface area (Å²) < 4.78 is 73.0. The first-order valence-electron chi connectivity index (χ1n) is 12.8. The minimum absolute atomic E-state index is 0.000153. The van der Waals surface area contributed by atoms with Gasteiger partial charge in [0.25, 0.3) is 0 Å². The van der Waals surface area contributed by atoms with E-state index in [0.29, 0.717) is 23.0 Å². The Kier molecular flexibility index (Phi) is 7.61. The van der Waals surface area contributed by atoms with Crippen LogP contribution in [0.15, 0.2) is 35.4 Å². The van der Waals surface area contributed by atoms with E-state index in [0.717, 1.165) is 48.4 Å². The SMILES string of the molecule is CCc1cc(N2CCN[C@H](C)C2)ccc1Nc1ncc(C(F)(F)F)c(-c2cc3c(s2)C(C)OCCS3(=O)=O)n1. The molecule has 2 N–H and O–H groups in total. The van der Waals surface area contributed by atoms with Gasteiger partial charge in [0.2, 0.25) is 5.95 Å². The Balaban J connectivity index is 1.52. The lowest BCUT2D eigenvalue weighted by atomic mass is 10.1. The molecule has 2 aliphatic rings. The molecular formula is C26H30F3N5O3S2. The van der Waals surface area contributed by atoms with Crippen LogP contribution in [0.4, 0.5) is 30.5 Å². The summed E-state index contributed by atoms with van der Waals surface area (Å²) >= 11 is 0.950. The lowest BCUT2D eigenvalue weighted by molar-refractivity contribution is -0.137. The highest BCUT2D eigenvalue weighted by Gasteiger charge is 2.37. The number of halogens is 3. The van der Waals surface area contributed by atoms with E-state index in [1.54, 1.807) is 6.92 Å². The van der Waals surface area contributed by atoms with Crippen molar-refractivity contribution in [2.24, 2.45) is 0 Å². The number of anilines is 3. The van der Waals surface area contributed by atoms with E-state index in [-0.39, 0.29) is 33.8 Å². The van der Waals surface area contributed by atoms with Gasteiger partial charge in [-0.15, -0.1) is 11.3 Å². The van der Waals surface area contributed by atoms with Crippen molar-refractivity contribution in [3.05, 3.63) is 46.5 Å². The van der Waals surface area contributed by atoms with Crippen molar-refractivity contribution in [2.45, 2.75) is 50.4 Å². The highest BCUT2D eigenvalue weighted by Crippen LogP contribution is 2.44. The molecule has 0 aliphatic carbocycles. The van der Waals surface area contributed by atoms with Gasteiger partial charge >= 0.3 is 6.18 Å². The van der Waals surface area contributed by atoms with Crippen LogP contribution < -0.4 is 15.5 Å². The van der Waals surface area contributed by atoms with Gasteiger partial charge in [-0.05, 0) is 50.1 Å². The molecule has 1 unspecified atom stereocenters. The Hall–Kier alpha value is -2.74. The second-order valence-electron chi connectivity index (χ2n) is 9.75. The van der Waals surface area contributed by atoms with Crippen molar-refractivity contribution in [3.8, 4) is 10.6 Å². The van der Waals surface area contributed by atoms with Crippen LogP contribution in [0, 0.1) is 0 Å². The molecule has 0 saturated carbocycles. The highest BCUT2D eigenvalue weighted by atomic mass is 32.2.